The first kappa shape index (κ1) is 25.8. The van der Waals surface area contributed by atoms with E-state index in [-0.39, 0.29) is 35.5 Å². The summed E-state index contributed by atoms with van der Waals surface area (Å²) in [4.78, 5) is 51.9. The third kappa shape index (κ3) is 6.29. The SMILES string of the molecule is CC1(C)CC(=O)C(C(c2ccc(C=O)cc2)c2c(O)[nH]c(=O)[nH]c2=O)=C(O)C1.CCNCC. The molecule has 0 amide bonds. The van der Waals surface area contributed by atoms with Gasteiger partial charge in [-0.05, 0) is 24.1 Å². The molecule has 1 aliphatic rings. The van der Waals surface area contributed by atoms with Crippen molar-refractivity contribution in [1.29, 1.82) is 0 Å². The van der Waals surface area contributed by atoms with E-state index >= 15 is 0 Å². The van der Waals surface area contributed by atoms with E-state index in [9.17, 15) is 29.4 Å². The Hall–Kier alpha value is -3.46. The molecule has 5 N–H and O–H groups in total. The van der Waals surface area contributed by atoms with Crippen LogP contribution in [0, 0.1) is 5.41 Å². The zero-order valence-corrected chi connectivity index (χ0v) is 19.3. The van der Waals surface area contributed by atoms with E-state index < -0.39 is 28.5 Å². The lowest BCUT2D eigenvalue weighted by molar-refractivity contribution is -0.118. The molecule has 9 heteroatoms. The van der Waals surface area contributed by atoms with E-state index in [0.29, 0.717) is 17.4 Å². The average Bonchev–Trinajstić information content (AvgIpc) is 2.72. The van der Waals surface area contributed by atoms with Crippen LogP contribution in [0.4, 0.5) is 0 Å². The maximum absolute atomic E-state index is 12.9. The van der Waals surface area contributed by atoms with Crippen molar-refractivity contribution in [2.24, 2.45) is 5.41 Å². The highest BCUT2D eigenvalue weighted by Gasteiger charge is 2.39. The van der Waals surface area contributed by atoms with E-state index in [1.807, 2.05) is 18.8 Å². The molecule has 0 aliphatic heterocycles. The second-order valence-electron chi connectivity index (χ2n) is 8.65. The van der Waals surface area contributed by atoms with Crippen molar-refractivity contribution in [1.82, 2.24) is 15.3 Å². The zero-order valence-electron chi connectivity index (χ0n) is 19.3. The molecule has 1 atom stereocenters. The smallest absolute Gasteiger partial charge is 0.328 e. The van der Waals surface area contributed by atoms with Gasteiger partial charge in [-0.2, -0.15) is 0 Å². The minimum atomic E-state index is -1.11. The summed E-state index contributed by atoms with van der Waals surface area (Å²) in [6, 6.07) is 6.07. The summed E-state index contributed by atoms with van der Waals surface area (Å²) in [6.07, 6.45) is 1.02. The molecule has 0 saturated carbocycles. The quantitative estimate of drug-likeness (QED) is 0.418. The fourth-order valence-corrected chi connectivity index (χ4v) is 3.88. The lowest BCUT2D eigenvalue weighted by Gasteiger charge is -2.32. The third-order valence-corrected chi connectivity index (χ3v) is 5.34. The standard InChI is InChI=1S/C20H20N2O6.C4H11N/c1-20(2)7-12(24)15(13(25)8-20)14(11-5-3-10(9-23)4-6-11)16-17(26)21-19(28)22-18(16)27;1-3-5-4-2/h3-6,9,14,24H,7-8H2,1-2H3,(H3,21,22,26,27,28);5H,3-4H2,1-2H3. The minimum absolute atomic E-state index is 0.00831. The fraction of sp³-hybridized carbons (Fsp3) is 0.417. The van der Waals surface area contributed by atoms with Crippen LogP contribution in [0.25, 0.3) is 0 Å². The molecule has 3 rings (SSSR count). The van der Waals surface area contributed by atoms with E-state index in [1.165, 1.54) is 24.3 Å². The molecular weight excluding hydrogens is 426 g/mol. The Morgan fingerprint density at radius 3 is 2.09 bits per heavy atom. The number of aliphatic hydroxyl groups excluding tert-OH is 1. The summed E-state index contributed by atoms with van der Waals surface area (Å²) in [6.45, 7) is 10.1. The van der Waals surface area contributed by atoms with Gasteiger partial charge < -0.3 is 15.5 Å². The van der Waals surface area contributed by atoms with Crippen LogP contribution in [0.1, 0.15) is 67.9 Å². The van der Waals surface area contributed by atoms with Crippen LogP contribution in [0.5, 0.6) is 5.88 Å². The van der Waals surface area contributed by atoms with Gasteiger partial charge in [0.2, 0.25) is 5.88 Å². The van der Waals surface area contributed by atoms with Gasteiger partial charge in [-0.25, -0.2) is 4.79 Å². The van der Waals surface area contributed by atoms with Crippen LogP contribution < -0.4 is 16.6 Å². The number of carbonyl (C=O) groups excluding carboxylic acids is 2. The largest absolute Gasteiger partial charge is 0.512 e. The number of benzene rings is 1. The summed E-state index contributed by atoms with van der Waals surface area (Å²) in [7, 11) is 0. The Morgan fingerprint density at radius 1 is 1.03 bits per heavy atom. The molecule has 1 aromatic heterocycles. The number of hydrogen-bond acceptors (Lipinski definition) is 7. The zero-order chi connectivity index (χ0) is 24.8. The Bertz CT molecular complexity index is 1140. The van der Waals surface area contributed by atoms with Gasteiger partial charge in [0.15, 0.2) is 5.78 Å². The second-order valence-corrected chi connectivity index (χ2v) is 8.65. The van der Waals surface area contributed by atoms with Crippen molar-refractivity contribution in [2.45, 2.75) is 46.5 Å². The van der Waals surface area contributed by atoms with Crippen molar-refractivity contribution in [3.8, 4) is 5.88 Å². The number of rotatable bonds is 6. The maximum atomic E-state index is 12.9. The predicted molar refractivity (Wildman–Crippen MR) is 125 cm³/mol. The number of allylic oxidation sites excluding steroid dienone is 2. The molecule has 0 spiro atoms. The lowest BCUT2D eigenvalue weighted by atomic mass is 9.71. The molecule has 0 fully saturated rings. The predicted octanol–water partition coefficient (Wildman–Crippen LogP) is 2.53. The number of aromatic hydroxyl groups is 1. The molecule has 0 bridgehead atoms. The molecule has 1 unspecified atom stereocenters. The number of ketones is 1. The number of aliphatic hydroxyl groups is 1. The minimum Gasteiger partial charge on any atom is -0.512 e. The van der Waals surface area contributed by atoms with E-state index in [0.717, 1.165) is 13.1 Å². The highest BCUT2D eigenvalue weighted by atomic mass is 16.3. The van der Waals surface area contributed by atoms with Gasteiger partial charge in [-0.3, -0.25) is 24.4 Å². The van der Waals surface area contributed by atoms with Crippen LogP contribution in [0.2, 0.25) is 0 Å². The summed E-state index contributed by atoms with van der Waals surface area (Å²) in [5, 5.41) is 24.0. The number of Topliss-reactive ketones (excluding diaryl/α,β-unsaturated/α-hetero) is 1. The molecule has 1 heterocycles. The van der Waals surface area contributed by atoms with Gasteiger partial charge in [-0.15, -0.1) is 0 Å². The van der Waals surface area contributed by atoms with Crippen LogP contribution in [-0.2, 0) is 4.79 Å². The molecular formula is C24H31N3O6. The van der Waals surface area contributed by atoms with Gasteiger partial charge in [0.25, 0.3) is 5.56 Å². The summed E-state index contributed by atoms with van der Waals surface area (Å²) < 4.78 is 0. The molecule has 0 saturated heterocycles. The van der Waals surface area contributed by atoms with E-state index in [1.54, 1.807) is 0 Å². The Kier molecular flexibility index (Phi) is 8.53. The Morgan fingerprint density at radius 2 is 1.64 bits per heavy atom. The van der Waals surface area contributed by atoms with Gasteiger partial charge in [0.1, 0.15) is 12.0 Å². The van der Waals surface area contributed by atoms with Crippen LogP contribution in [-0.4, -0.2) is 45.3 Å². The first-order valence-corrected chi connectivity index (χ1v) is 10.8. The van der Waals surface area contributed by atoms with Gasteiger partial charge in [0, 0.05) is 24.0 Å². The average molecular weight is 458 g/mol. The highest BCUT2D eigenvalue weighted by molar-refractivity contribution is 5.99. The van der Waals surface area contributed by atoms with Crippen LogP contribution >= 0.6 is 0 Å². The maximum Gasteiger partial charge on any atom is 0.328 e. The molecule has 1 aromatic carbocycles. The first-order chi connectivity index (χ1) is 15.5. The Balaban J connectivity index is 0.000000696. The molecule has 33 heavy (non-hydrogen) atoms. The lowest BCUT2D eigenvalue weighted by Crippen LogP contribution is -2.32. The van der Waals surface area contributed by atoms with Gasteiger partial charge in [-0.1, -0.05) is 52.0 Å². The van der Waals surface area contributed by atoms with Gasteiger partial charge >= 0.3 is 5.69 Å². The number of aromatic amines is 2. The number of H-pyrrole nitrogens is 2. The van der Waals surface area contributed by atoms with Crippen molar-refractivity contribution in [3.05, 3.63) is 73.1 Å². The number of aldehydes is 1. The topological polar surface area (TPSA) is 152 Å². The fourth-order valence-electron chi connectivity index (χ4n) is 3.88. The first-order valence-electron chi connectivity index (χ1n) is 10.8. The Labute approximate surface area is 191 Å². The summed E-state index contributed by atoms with van der Waals surface area (Å²) >= 11 is 0. The summed E-state index contributed by atoms with van der Waals surface area (Å²) in [5.74, 6) is -2.32. The van der Waals surface area contributed by atoms with Crippen molar-refractivity contribution < 1.29 is 19.8 Å². The number of nitrogens with one attached hydrogen (secondary N) is 3. The van der Waals surface area contributed by atoms with Crippen molar-refractivity contribution in [3.63, 3.8) is 0 Å². The molecule has 178 valence electrons. The number of carbonyl (C=O) groups is 2. The second kappa shape index (κ2) is 10.9. The van der Waals surface area contributed by atoms with Crippen LogP contribution in [0.15, 0.2) is 45.2 Å². The van der Waals surface area contributed by atoms with Gasteiger partial charge in [0.05, 0.1) is 11.5 Å². The monoisotopic (exact) mass is 457 g/mol. The van der Waals surface area contributed by atoms with Crippen molar-refractivity contribution >= 4 is 12.1 Å². The normalized spacial score (nSPS) is 16.1. The highest BCUT2D eigenvalue weighted by Crippen LogP contribution is 2.43. The molecule has 9 nitrogen and oxygen atoms in total. The molecule has 1 aliphatic carbocycles. The summed E-state index contributed by atoms with van der Waals surface area (Å²) in [5.41, 5.74) is -1.68. The third-order valence-electron chi connectivity index (χ3n) is 5.34. The number of aromatic nitrogens is 2. The number of hydrogen-bond donors (Lipinski definition) is 5. The molecule has 0 radical (unpaired) electrons. The van der Waals surface area contributed by atoms with Crippen molar-refractivity contribution in [2.75, 3.05) is 13.1 Å². The molecule has 2 aromatic rings. The van der Waals surface area contributed by atoms with E-state index in [4.69, 9.17) is 0 Å². The van der Waals surface area contributed by atoms with E-state index in [2.05, 4.69) is 24.1 Å². The van der Waals surface area contributed by atoms with Crippen LogP contribution in [0.3, 0.4) is 0 Å².